The number of morpholine rings is 1. The first-order valence-corrected chi connectivity index (χ1v) is 9.78. The molecule has 1 aromatic rings. The van der Waals surface area contributed by atoms with Gasteiger partial charge >= 0.3 is 0 Å². The average Bonchev–Trinajstić information content (AvgIpc) is 2.58. The first-order valence-electron chi connectivity index (χ1n) is 7.94. The van der Waals surface area contributed by atoms with Crippen LogP contribution in [-0.4, -0.2) is 75.7 Å². The molecule has 0 radical (unpaired) electrons. The van der Waals surface area contributed by atoms with Crippen LogP contribution in [0.2, 0.25) is 0 Å². The van der Waals surface area contributed by atoms with Gasteiger partial charge in [0, 0.05) is 31.9 Å². The molecule has 136 valence electrons. The van der Waals surface area contributed by atoms with Crippen LogP contribution < -0.4 is 5.32 Å². The Morgan fingerprint density at radius 1 is 1.40 bits per heavy atom. The number of hydrogen-bond acceptors (Lipinski definition) is 6. The highest BCUT2D eigenvalue weighted by Gasteiger charge is 2.21. The Balaban J connectivity index is 1.93. The smallest absolute Gasteiger partial charge is 0.239 e. The lowest BCUT2D eigenvalue weighted by Gasteiger charge is -2.29. The van der Waals surface area contributed by atoms with Gasteiger partial charge in [-0.05, 0) is 18.2 Å². The van der Waals surface area contributed by atoms with Gasteiger partial charge in [-0.1, -0.05) is 6.07 Å². The SMILES string of the molecule is CS(=O)(=O)N(CCN1CCOCC1)CC(=O)Nc1cccc(C#N)c1. The first kappa shape index (κ1) is 19.3. The molecule has 0 aromatic heterocycles. The molecule has 9 heteroatoms. The zero-order valence-corrected chi connectivity index (χ0v) is 15.0. The highest BCUT2D eigenvalue weighted by molar-refractivity contribution is 7.88. The molecule has 0 bridgehead atoms. The van der Waals surface area contributed by atoms with Gasteiger partial charge in [-0.3, -0.25) is 9.69 Å². The summed E-state index contributed by atoms with van der Waals surface area (Å²) in [5.41, 5.74) is 0.885. The van der Waals surface area contributed by atoms with Gasteiger partial charge in [-0.25, -0.2) is 8.42 Å². The summed E-state index contributed by atoms with van der Waals surface area (Å²) in [5, 5.41) is 11.5. The molecule has 1 aromatic carbocycles. The van der Waals surface area contributed by atoms with Crippen molar-refractivity contribution < 1.29 is 17.9 Å². The van der Waals surface area contributed by atoms with Gasteiger partial charge in [0.25, 0.3) is 0 Å². The van der Waals surface area contributed by atoms with E-state index in [9.17, 15) is 13.2 Å². The number of nitriles is 1. The Labute approximate surface area is 148 Å². The number of anilines is 1. The third kappa shape index (κ3) is 6.43. The van der Waals surface area contributed by atoms with Crippen molar-refractivity contribution in [2.75, 3.05) is 57.5 Å². The lowest BCUT2D eigenvalue weighted by atomic mass is 10.2. The van der Waals surface area contributed by atoms with Crippen LogP contribution in [0, 0.1) is 11.3 Å². The molecule has 0 saturated carbocycles. The van der Waals surface area contributed by atoms with Crippen LogP contribution in [0.4, 0.5) is 5.69 Å². The molecule has 0 aliphatic carbocycles. The van der Waals surface area contributed by atoms with Gasteiger partial charge in [-0.15, -0.1) is 0 Å². The van der Waals surface area contributed by atoms with Crippen molar-refractivity contribution in [2.45, 2.75) is 0 Å². The van der Waals surface area contributed by atoms with Crippen molar-refractivity contribution >= 4 is 21.6 Å². The summed E-state index contributed by atoms with van der Waals surface area (Å²) in [4.78, 5) is 14.3. The van der Waals surface area contributed by atoms with Gasteiger partial charge in [0.15, 0.2) is 0 Å². The third-order valence-corrected chi connectivity index (χ3v) is 5.08. The number of amides is 1. The minimum absolute atomic E-state index is 0.241. The van der Waals surface area contributed by atoms with Gasteiger partial charge in [0.2, 0.25) is 15.9 Å². The first-order chi connectivity index (χ1) is 11.9. The van der Waals surface area contributed by atoms with Gasteiger partial charge in [0.1, 0.15) is 0 Å². The molecule has 0 spiro atoms. The highest BCUT2D eigenvalue weighted by Crippen LogP contribution is 2.10. The minimum atomic E-state index is -3.50. The number of nitrogens with one attached hydrogen (secondary N) is 1. The van der Waals surface area contributed by atoms with E-state index in [1.54, 1.807) is 18.2 Å². The Hall–Kier alpha value is -1.99. The van der Waals surface area contributed by atoms with E-state index >= 15 is 0 Å². The third-order valence-electron chi connectivity index (χ3n) is 3.83. The summed E-state index contributed by atoms with van der Waals surface area (Å²) in [6, 6.07) is 8.46. The Morgan fingerprint density at radius 3 is 2.76 bits per heavy atom. The molecule has 1 heterocycles. The predicted octanol–water partition coefficient (Wildman–Crippen LogP) is 0.0906. The Kier molecular flexibility index (Phi) is 6.90. The van der Waals surface area contributed by atoms with Crippen molar-refractivity contribution in [2.24, 2.45) is 0 Å². The fraction of sp³-hybridized carbons (Fsp3) is 0.500. The van der Waals surface area contributed by atoms with Crippen LogP contribution in [-0.2, 0) is 19.6 Å². The highest BCUT2D eigenvalue weighted by atomic mass is 32.2. The summed E-state index contributed by atoms with van der Waals surface area (Å²) in [5.74, 6) is -0.442. The number of nitrogens with zero attached hydrogens (tertiary/aromatic N) is 3. The van der Waals surface area contributed by atoms with Crippen molar-refractivity contribution in [3.8, 4) is 6.07 Å². The van der Waals surface area contributed by atoms with E-state index in [0.29, 0.717) is 31.0 Å². The number of carbonyl (C=O) groups excluding carboxylic acids is 1. The largest absolute Gasteiger partial charge is 0.379 e. The minimum Gasteiger partial charge on any atom is -0.379 e. The number of benzene rings is 1. The van der Waals surface area contributed by atoms with E-state index in [1.807, 2.05) is 6.07 Å². The van der Waals surface area contributed by atoms with Crippen molar-refractivity contribution in [1.29, 1.82) is 5.26 Å². The van der Waals surface area contributed by atoms with E-state index in [-0.39, 0.29) is 13.1 Å². The summed E-state index contributed by atoms with van der Waals surface area (Å²) in [7, 11) is -3.50. The van der Waals surface area contributed by atoms with E-state index in [1.165, 1.54) is 6.07 Å². The average molecular weight is 366 g/mol. The molecular weight excluding hydrogens is 344 g/mol. The fourth-order valence-electron chi connectivity index (χ4n) is 2.47. The molecule has 1 saturated heterocycles. The van der Waals surface area contributed by atoms with E-state index in [4.69, 9.17) is 10.00 Å². The molecule has 0 unspecified atom stereocenters. The van der Waals surface area contributed by atoms with E-state index < -0.39 is 15.9 Å². The van der Waals surface area contributed by atoms with Crippen molar-refractivity contribution in [3.05, 3.63) is 29.8 Å². The van der Waals surface area contributed by atoms with Crippen molar-refractivity contribution in [3.63, 3.8) is 0 Å². The van der Waals surface area contributed by atoms with Gasteiger partial charge in [-0.2, -0.15) is 9.57 Å². The maximum atomic E-state index is 12.2. The molecule has 1 amide bonds. The normalized spacial score (nSPS) is 15.7. The second kappa shape index (κ2) is 8.92. The van der Waals surface area contributed by atoms with Gasteiger partial charge < -0.3 is 10.1 Å². The lowest BCUT2D eigenvalue weighted by Crippen LogP contribution is -2.45. The molecule has 8 nitrogen and oxygen atoms in total. The zero-order valence-electron chi connectivity index (χ0n) is 14.1. The predicted molar refractivity (Wildman–Crippen MR) is 93.5 cm³/mol. The zero-order chi connectivity index (χ0) is 18.3. The van der Waals surface area contributed by atoms with E-state index in [0.717, 1.165) is 23.7 Å². The summed E-state index contributed by atoms with van der Waals surface area (Å²) in [6.07, 6.45) is 1.09. The molecule has 1 aliphatic rings. The molecule has 0 atom stereocenters. The van der Waals surface area contributed by atoms with Crippen LogP contribution >= 0.6 is 0 Å². The maximum Gasteiger partial charge on any atom is 0.239 e. The molecule has 25 heavy (non-hydrogen) atoms. The van der Waals surface area contributed by atoms with Crippen LogP contribution in [0.15, 0.2) is 24.3 Å². The van der Waals surface area contributed by atoms with Crippen molar-refractivity contribution in [1.82, 2.24) is 9.21 Å². The molecule has 1 aliphatic heterocycles. The number of hydrogen-bond donors (Lipinski definition) is 1. The monoisotopic (exact) mass is 366 g/mol. The fourth-order valence-corrected chi connectivity index (χ4v) is 3.23. The Bertz CT molecular complexity index is 739. The van der Waals surface area contributed by atoms with E-state index in [2.05, 4.69) is 10.2 Å². The number of ether oxygens (including phenoxy) is 1. The number of sulfonamides is 1. The lowest BCUT2D eigenvalue weighted by molar-refractivity contribution is -0.116. The number of carbonyl (C=O) groups is 1. The van der Waals surface area contributed by atoms with Gasteiger partial charge in [0.05, 0.1) is 37.6 Å². The second-order valence-corrected chi connectivity index (χ2v) is 7.77. The summed E-state index contributed by atoms with van der Waals surface area (Å²) < 4.78 is 30.3. The quantitative estimate of drug-likeness (QED) is 0.734. The molecule has 1 N–H and O–H groups in total. The topological polar surface area (TPSA) is 103 Å². The summed E-state index contributed by atoms with van der Waals surface area (Å²) in [6.45, 7) is 3.30. The molecular formula is C16H22N4O4S. The molecule has 2 rings (SSSR count). The van der Waals surface area contributed by atoms with Crippen LogP contribution in [0.5, 0.6) is 0 Å². The van der Waals surface area contributed by atoms with Crippen LogP contribution in [0.25, 0.3) is 0 Å². The van der Waals surface area contributed by atoms with Crippen LogP contribution in [0.3, 0.4) is 0 Å². The second-order valence-electron chi connectivity index (χ2n) is 5.79. The molecule has 1 fully saturated rings. The number of rotatable bonds is 7. The Morgan fingerprint density at radius 2 is 2.12 bits per heavy atom. The standard InChI is InChI=1S/C16H22N4O4S/c1-25(22,23)20(6-5-19-7-9-24-10-8-19)13-16(21)18-15-4-2-3-14(11-15)12-17/h2-4,11H,5-10,13H2,1H3,(H,18,21). The summed E-state index contributed by atoms with van der Waals surface area (Å²) >= 11 is 0. The maximum absolute atomic E-state index is 12.2. The van der Waals surface area contributed by atoms with Crippen LogP contribution in [0.1, 0.15) is 5.56 Å².